The van der Waals surface area contributed by atoms with Crippen molar-refractivity contribution >= 4 is 33.6 Å². The highest BCUT2D eigenvalue weighted by Crippen LogP contribution is 2.37. The lowest BCUT2D eigenvalue weighted by Gasteiger charge is -2.23. The van der Waals surface area contributed by atoms with Gasteiger partial charge in [-0.3, -0.25) is 4.79 Å². The SMILES string of the molecule is CC(CBr)NC(=O)C1(C)CCCS1. The monoisotopic (exact) mass is 265 g/mol. The number of amides is 1. The van der Waals surface area contributed by atoms with Gasteiger partial charge >= 0.3 is 0 Å². The van der Waals surface area contributed by atoms with Crippen molar-refractivity contribution in [3.05, 3.63) is 0 Å². The Labute approximate surface area is 92.4 Å². The average Bonchev–Trinajstić information content (AvgIpc) is 2.53. The normalized spacial score (nSPS) is 30.1. The predicted molar refractivity (Wildman–Crippen MR) is 61.5 cm³/mol. The maximum atomic E-state index is 11.8. The van der Waals surface area contributed by atoms with Crippen molar-refractivity contribution in [3.63, 3.8) is 0 Å². The number of hydrogen-bond acceptors (Lipinski definition) is 2. The molecule has 2 unspecified atom stereocenters. The van der Waals surface area contributed by atoms with E-state index in [-0.39, 0.29) is 16.7 Å². The van der Waals surface area contributed by atoms with Crippen molar-refractivity contribution in [2.45, 2.75) is 37.5 Å². The van der Waals surface area contributed by atoms with Gasteiger partial charge < -0.3 is 5.32 Å². The minimum Gasteiger partial charge on any atom is -0.352 e. The maximum absolute atomic E-state index is 11.8. The number of carbonyl (C=O) groups excluding carboxylic acids is 1. The minimum atomic E-state index is -0.170. The maximum Gasteiger partial charge on any atom is 0.236 e. The molecule has 2 atom stereocenters. The fourth-order valence-electron chi connectivity index (χ4n) is 1.37. The van der Waals surface area contributed by atoms with Gasteiger partial charge in [-0.05, 0) is 32.4 Å². The molecule has 1 aliphatic heterocycles. The second kappa shape index (κ2) is 4.69. The number of nitrogens with one attached hydrogen (secondary N) is 1. The smallest absolute Gasteiger partial charge is 0.236 e. The third-order valence-corrected chi connectivity index (χ3v) is 4.80. The second-order valence-electron chi connectivity index (χ2n) is 3.71. The molecule has 1 heterocycles. The zero-order valence-corrected chi connectivity index (χ0v) is 10.5. The topological polar surface area (TPSA) is 29.1 Å². The van der Waals surface area contributed by atoms with Gasteiger partial charge in [0.1, 0.15) is 0 Å². The van der Waals surface area contributed by atoms with Crippen molar-refractivity contribution in [2.75, 3.05) is 11.1 Å². The van der Waals surface area contributed by atoms with Crippen LogP contribution < -0.4 is 5.32 Å². The lowest BCUT2D eigenvalue weighted by Crippen LogP contribution is -2.45. The van der Waals surface area contributed by atoms with Crippen molar-refractivity contribution in [1.29, 1.82) is 0 Å². The molecule has 0 bridgehead atoms. The van der Waals surface area contributed by atoms with Crippen molar-refractivity contribution in [1.82, 2.24) is 5.32 Å². The molecule has 0 aromatic carbocycles. The van der Waals surface area contributed by atoms with E-state index in [1.54, 1.807) is 11.8 Å². The van der Waals surface area contributed by atoms with Gasteiger partial charge in [0.15, 0.2) is 0 Å². The third kappa shape index (κ3) is 2.88. The number of hydrogen-bond donors (Lipinski definition) is 1. The largest absolute Gasteiger partial charge is 0.352 e. The first-order valence-electron chi connectivity index (χ1n) is 4.59. The fourth-order valence-corrected chi connectivity index (χ4v) is 2.75. The summed E-state index contributed by atoms with van der Waals surface area (Å²) in [5, 5.41) is 3.82. The van der Waals surface area contributed by atoms with E-state index in [0.29, 0.717) is 0 Å². The standard InChI is InChI=1S/C9H16BrNOS/c1-7(6-10)11-8(12)9(2)4-3-5-13-9/h7H,3-6H2,1-2H3,(H,11,12). The Morgan fingerprint density at radius 1 is 1.77 bits per heavy atom. The van der Waals surface area contributed by atoms with E-state index >= 15 is 0 Å². The van der Waals surface area contributed by atoms with Crippen LogP contribution in [0.2, 0.25) is 0 Å². The van der Waals surface area contributed by atoms with E-state index < -0.39 is 0 Å². The van der Waals surface area contributed by atoms with Crippen molar-refractivity contribution < 1.29 is 4.79 Å². The van der Waals surface area contributed by atoms with Crippen LogP contribution in [-0.2, 0) is 4.79 Å². The summed E-state index contributed by atoms with van der Waals surface area (Å²) in [5.74, 6) is 1.31. The van der Waals surface area contributed by atoms with E-state index in [0.717, 1.165) is 23.9 Å². The van der Waals surface area contributed by atoms with Crippen molar-refractivity contribution in [3.8, 4) is 0 Å². The number of thioether (sulfide) groups is 1. The second-order valence-corrected chi connectivity index (χ2v) is 5.96. The summed E-state index contributed by atoms with van der Waals surface area (Å²) in [6.07, 6.45) is 2.18. The zero-order chi connectivity index (χ0) is 9.90. The van der Waals surface area contributed by atoms with Crippen LogP contribution >= 0.6 is 27.7 Å². The molecule has 0 saturated carbocycles. The number of rotatable bonds is 3. The summed E-state index contributed by atoms with van der Waals surface area (Å²) in [6, 6.07) is 0.227. The quantitative estimate of drug-likeness (QED) is 0.793. The summed E-state index contributed by atoms with van der Waals surface area (Å²) in [5.41, 5.74) is 0. The summed E-state index contributed by atoms with van der Waals surface area (Å²) in [6.45, 7) is 4.05. The first-order chi connectivity index (χ1) is 6.08. The molecule has 0 aromatic rings. The molecule has 0 spiro atoms. The molecule has 0 aliphatic carbocycles. The zero-order valence-electron chi connectivity index (χ0n) is 8.10. The van der Waals surface area contributed by atoms with Gasteiger partial charge in [-0.1, -0.05) is 15.9 Å². The molecule has 2 nitrogen and oxygen atoms in total. The molecular formula is C9H16BrNOS. The first-order valence-corrected chi connectivity index (χ1v) is 6.70. The number of carbonyl (C=O) groups is 1. The van der Waals surface area contributed by atoms with Crippen LogP contribution in [0.3, 0.4) is 0 Å². The predicted octanol–water partition coefficient (Wildman–Crippen LogP) is 2.17. The molecule has 1 rings (SSSR count). The van der Waals surface area contributed by atoms with Gasteiger partial charge in [0, 0.05) is 11.4 Å². The molecule has 13 heavy (non-hydrogen) atoms. The molecule has 1 saturated heterocycles. The Kier molecular flexibility index (Phi) is 4.10. The van der Waals surface area contributed by atoms with Crippen LogP contribution in [0, 0.1) is 0 Å². The number of alkyl halides is 1. The minimum absolute atomic E-state index is 0.170. The van der Waals surface area contributed by atoms with Crippen LogP contribution in [0.25, 0.3) is 0 Å². The number of halogens is 1. The molecule has 1 aliphatic rings. The first kappa shape index (κ1) is 11.4. The lowest BCUT2D eigenvalue weighted by molar-refractivity contribution is -0.123. The van der Waals surface area contributed by atoms with Gasteiger partial charge in [0.2, 0.25) is 5.91 Å². The highest BCUT2D eigenvalue weighted by atomic mass is 79.9. The molecule has 1 amide bonds. The van der Waals surface area contributed by atoms with Crippen LogP contribution in [0.1, 0.15) is 26.7 Å². The van der Waals surface area contributed by atoms with Gasteiger partial charge in [-0.15, -0.1) is 11.8 Å². The molecule has 76 valence electrons. The van der Waals surface area contributed by atoms with Crippen LogP contribution in [-0.4, -0.2) is 27.8 Å². The van der Waals surface area contributed by atoms with E-state index in [1.807, 2.05) is 13.8 Å². The highest BCUT2D eigenvalue weighted by molar-refractivity contribution is 9.09. The molecule has 1 fully saturated rings. The van der Waals surface area contributed by atoms with Crippen molar-refractivity contribution in [2.24, 2.45) is 0 Å². The summed E-state index contributed by atoms with van der Waals surface area (Å²) in [4.78, 5) is 11.8. The summed E-state index contributed by atoms with van der Waals surface area (Å²) >= 11 is 5.13. The lowest BCUT2D eigenvalue weighted by atomic mass is 10.0. The van der Waals surface area contributed by atoms with Crippen LogP contribution in [0.5, 0.6) is 0 Å². The Morgan fingerprint density at radius 3 is 2.92 bits per heavy atom. The Balaban J connectivity index is 2.46. The summed E-state index contributed by atoms with van der Waals surface area (Å²) < 4.78 is -0.170. The Bertz CT molecular complexity index is 192. The average molecular weight is 266 g/mol. The van der Waals surface area contributed by atoms with E-state index in [4.69, 9.17) is 0 Å². The fraction of sp³-hybridized carbons (Fsp3) is 0.889. The molecular weight excluding hydrogens is 250 g/mol. The summed E-state index contributed by atoms with van der Waals surface area (Å²) in [7, 11) is 0. The van der Waals surface area contributed by atoms with E-state index in [2.05, 4.69) is 21.2 Å². The molecule has 0 radical (unpaired) electrons. The Morgan fingerprint density at radius 2 is 2.46 bits per heavy atom. The van der Waals surface area contributed by atoms with Gasteiger partial charge in [0.05, 0.1) is 4.75 Å². The molecule has 0 aromatic heterocycles. The van der Waals surface area contributed by atoms with E-state index in [9.17, 15) is 4.79 Å². The third-order valence-electron chi connectivity index (χ3n) is 2.31. The Hall–Kier alpha value is 0.300. The molecule has 1 N–H and O–H groups in total. The van der Waals surface area contributed by atoms with Crippen LogP contribution in [0.4, 0.5) is 0 Å². The van der Waals surface area contributed by atoms with Gasteiger partial charge in [0.25, 0.3) is 0 Å². The van der Waals surface area contributed by atoms with Gasteiger partial charge in [-0.25, -0.2) is 0 Å². The van der Waals surface area contributed by atoms with E-state index in [1.165, 1.54) is 0 Å². The van der Waals surface area contributed by atoms with Gasteiger partial charge in [-0.2, -0.15) is 0 Å². The highest BCUT2D eigenvalue weighted by Gasteiger charge is 2.37. The van der Waals surface area contributed by atoms with Crippen LogP contribution in [0.15, 0.2) is 0 Å². The molecule has 4 heteroatoms.